The minimum Gasteiger partial charge on any atom is -0.384 e. The van der Waals surface area contributed by atoms with Crippen LogP contribution < -0.4 is 0 Å². The number of hydrogen-bond acceptors (Lipinski definition) is 5. The summed E-state index contributed by atoms with van der Waals surface area (Å²) >= 11 is 0. The SMILES string of the molecule is C=CC(=O)C(C)C.C=CC(C)=O.CCC(COC)(COC)COC. The van der Waals surface area contributed by atoms with E-state index in [9.17, 15) is 9.59 Å². The van der Waals surface area contributed by atoms with E-state index >= 15 is 0 Å². The predicted octanol–water partition coefficient (Wildman–Crippen LogP) is 3.48. The van der Waals surface area contributed by atoms with Crippen LogP contribution in [-0.4, -0.2) is 52.7 Å². The molecule has 0 aliphatic rings. The second-order valence-electron chi connectivity index (χ2n) is 5.73. The zero-order valence-corrected chi connectivity index (χ0v) is 16.5. The average molecular weight is 344 g/mol. The van der Waals surface area contributed by atoms with Crippen molar-refractivity contribution < 1.29 is 23.8 Å². The fourth-order valence-electron chi connectivity index (χ4n) is 1.59. The third-order valence-corrected chi connectivity index (χ3v) is 3.16. The number of rotatable bonds is 10. The van der Waals surface area contributed by atoms with Crippen molar-refractivity contribution in [1.29, 1.82) is 0 Å². The first kappa shape index (κ1) is 27.5. The first-order chi connectivity index (χ1) is 11.2. The summed E-state index contributed by atoms with van der Waals surface area (Å²) in [7, 11) is 5.11. The smallest absolute Gasteiger partial charge is 0.157 e. The van der Waals surface area contributed by atoms with Crippen molar-refractivity contribution in [3.8, 4) is 0 Å². The fourth-order valence-corrected chi connectivity index (χ4v) is 1.59. The van der Waals surface area contributed by atoms with Crippen molar-refractivity contribution in [3.05, 3.63) is 25.3 Å². The molecule has 0 rings (SSSR count). The molecule has 5 nitrogen and oxygen atoms in total. The minimum absolute atomic E-state index is 0.0185. The summed E-state index contributed by atoms with van der Waals surface area (Å²) in [6, 6.07) is 0. The zero-order valence-electron chi connectivity index (χ0n) is 16.5. The Balaban J connectivity index is -0.000000311. The molecule has 0 fully saturated rings. The molecule has 0 aromatic heterocycles. The minimum atomic E-state index is 0.0185. The molecule has 0 heterocycles. The van der Waals surface area contributed by atoms with E-state index in [1.165, 1.54) is 19.1 Å². The number of carbonyl (C=O) groups is 2. The number of methoxy groups -OCH3 is 3. The van der Waals surface area contributed by atoms with Crippen LogP contribution in [-0.2, 0) is 23.8 Å². The molecule has 0 spiro atoms. The van der Waals surface area contributed by atoms with Gasteiger partial charge in [0.1, 0.15) is 0 Å². The second-order valence-corrected chi connectivity index (χ2v) is 5.73. The summed E-state index contributed by atoms with van der Waals surface area (Å²) in [5, 5.41) is 0. The van der Waals surface area contributed by atoms with Gasteiger partial charge in [-0.15, -0.1) is 0 Å². The maximum absolute atomic E-state index is 10.4. The van der Waals surface area contributed by atoms with Gasteiger partial charge in [0.15, 0.2) is 11.6 Å². The lowest BCUT2D eigenvalue weighted by Gasteiger charge is -2.30. The van der Waals surface area contributed by atoms with E-state index in [4.69, 9.17) is 14.2 Å². The lowest BCUT2D eigenvalue weighted by Crippen LogP contribution is -2.35. The quantitative estimate of drug-likeness (QED) is 0.568. The van der Waals surface area contributed by atoms with Crippen LogP contribution in [0.2, 0.25) is 0 Å². The van der Waals surface area contributed by atoms with Gasteiger partial charge in [-0.1, -0.05) is 33.9 Å². The van der Waals surface area contributed by atoms with Crippen LogP contribution in [0.4, 0.5) is 0 Å². The first-order valence-electron chi connectivity index (χ1n) is 7.96. The van der Waals surface area contributed by atoms with Crippen LogP contribution in [0.3, 0.4) is 0 Å². The Bertz CT molecular complexity index is 331. The molecule has 0 saturated heterocycles. The zero-order chi connectivity index (χ0) is 19.6. The van der Waals surface area contributed by atoms with Gasteiger partial charge < -0.3 is 14.2 Å². The molecule has 0 amide bonds. The van der Waals surface area contributed by atoms with Crippen LogP contribution in [0.15, 0.2) is 25.3 Å². The number of allylic oxidation sites excluding steroid dienone is 2. The Hall–Kier alpha value is -1.30. The summed E-state index contributed by atoms with van der Waals surface area (Å²) in [6.07, 6.45) is 3.63. The van der Waals surface area contributed by atoms with E-state index in [0.717, 1.165) is 6.42 Å². The highest BCUT2D eigenvalue weighted by atomic mass is 16.5. The second kappa shape index (κ2) is 18.0. The summed E-state index contributed by atoms with van der Waals surface area (Å²) in [4.78, 5) is 20.1. The standard InChI is InChI=1S/C9H20O3.C6H10O.C4H6O/c1-5-9(6-10-2,7-11-3)8-12-4;1-4-6(7)5(2)3;1-3-4(2)5/h5-8H2,1-4H3;4-5H,1H2,2-3H3;3H,1H2,2H3. The lowest BCUT2D eigenvalue weighted by atomic mass is 9.88. The highest BCUT2D eigenvalue weighted by Crippen LogP contribution is 2.22. The van der Waals surface area contributed by atoms with Crippen molar-refractivity contribution in [2.45, 2.75) is 34.1 Å². The molecule has 0 bridgehead atoms. The Kier molecular flexibility index (Phi) is 20.7. The van der Waals surface area contributed by atoms with Gasteiger partial charge in [0, 0.05) is 32.7 Å². The Labute approximate surface area is 148 Å². The van der Waals surface area contributed by atoms with Crippen LogP contribution in [0.5, 0.6) is 0 Å². The van der Waals surface area contributed by atoms with Gasteiger partial charge in [-0.05, 0) is 25.5 Å². The summed E-state index contributed by atoms with van der Waals surface area (Å²) in [5.41, 5.74) is 0.0260. The van der Waals surface area contributed by atoms with Gasteiger partial charge in [-0.3, -0.25) is 9.59 Å². The largest absolute Gasteiger partial charge is 0.384 e. The maximum atomic E-state index is 10.4. The van der Waals surface area contributed by atoms with E-state index in [1.54, 1.807) is 21.3 Å². The summed E-state index contributed by atoms with van der Waals surface area (Å²) in [5.74, 6) is 0.238. The van der Waals surface area contributed by atoms with E-state index in [-0.39, 0.29) is 22.9 Å². The van der Waals surface area contributed by atoms with Crippen molar-refractivity contribution in [1.82, 2.24) is 0 Å². The van der Waals surface area contributed by atoms with Crippen molar-refractivity contribution >= 4 is 11.6 Å². The molecule has 0 saturated carbocycles. The number of ether oxygens (including phenoxy) is 3. The molecule has 0 aliphatic heterocycles. The number of ketones is 2. The van der Waals surface area contributed by atoms with Crippen LogP contribution in [0.25, 0.3) is 0 Å². The van der Waals surface area contributed by atoms with Crippen molar-refractivity contribution in [3.63, 3.8) is 0 Å². The summed E-state index contributed by atoms with van der Waals surface area (Å²) in [6.45, 7) is 15.9. The molecule has 0 radical (unpaired) electrons. The molecule has 0 aromatic rings. The average Bonchev–Trinajstić information content (AvgIpc) is 2.55. The van der Waals surface area contributed by atoms with Crippen molar-refractivity contribution in [2.75, 3.05) is 41.2 Å². The molecule has 24 heavy (non-hydrogen) atoms. The summed E-state index contributed by atoms with van der Waals surface area (Å²) < 4.78 is 15.4. The molecular formula is C19H36O5. The molecular weight excluding hydrogens is 308 g/mol. The highest BCUT2D eigenvalue weighted by Gasteiger charge is 2.28. The molecule has 0 unspecified atom stereocenters. The van der Waals surface area contributed by atoms with Crippen LogP contribution in [0, 0.1) is 11.3 Å². The molecule has 0 atom stereocenters. The van der Waals surface area contributed by atoms with E-state index in [2.05, 4.69) is 20.1 Å². The van der Waals surface area contributed by atoms with E-state index in [1.807, 2.05) is 13.8 Å². The van der Waals surface area contributed by atoms with Gasteiger partial charge in [0.25, 0.3) is 0 Å². The lowest BCUT2D eigenvalue weighted by molar-refractivity contribution is -0.117. The molecule has 5 heteroatoms. The van der Waals surface area contributed by atoms with Gasteiger partial charge >= 0.3 is 0 Å². The van der Waals surface area contributed by atoms with Gasteiger partial charge in [-0.2, -0.15) is 0 Å². The number of hydrogen-bond donors (Lipinski definition) is 0. The monoisotopic (exact) mass is 344 g/mol. The Morgan fingerprint density at radius 3 is 1.38 bits per heavy atom. The highest BCUT2D eigenvalue weighted by molar-refractivity contribution is 5.90. The Morgan fingerprint density at radius 2 is 1.29 bits per heavy atom. The third-order valence-electron chi connectivity index (χ3n) is 3.16. The van der Waals surface area contributed by atoms with Crippen LogP contribution >= 0.6 is 0 Å². The predicted molar refractivity (Wildman–Crippen MR) is 99.3 cm³/mol. The first-order valence-corrected chi connectivity index (χ1v) is 7.96. The Morgan fingerprint density at radius 1 is 0.958 bits per heavy atom. The number of carbonyl (C=O) groups excluding carboxylic acids is 2. The third kappa shape index (κ3) is 17.1. The normalized spacial score (nSPS) is 10.0. The maximum Gasteiger partial charge on any atom is 0.157 e. The molecule has 142 valence electrons. The molecule has 0 N–H and O–H groups in total. The van der Waals surface area contributed by atoms with E-state index < -0.39 is 0 Å². The molecule has 0 aliphatic carbocycles. The van der Waals surface area contributed by atoms with E-state index in [0.29, 0.717) is 19.8 Å². The van der Waals surface area contributed by atoms with Crippen LogP contribution in [0.1, 0.15) is 34.1 Å². The fraction of sp³-hybridized carbons (Fsp3) is 0.684. The van der Waals surface area contributed by atoms with Gasteiger partial charge in [0.2, 0.25) is 0 Å². The van der Waals surface area contributed by atoms with Crippen molar-refractivity contribution in [2.24, 2.45) is 11.3 Å². The van der Waals surface area contributed by atoms with Gasteiger partial charge in [0.05, 0.1) is 19.8 Å². The molecule has 0 aromatic carbocycles. The topological polar surface area (TPSA) is 61.8 Å². The van der Waals surface area contributed by atoms with Gasteiger partial charge in [-0.25, -0.2) is 0 Å².